The number of rotatable bonds is 7. The fourth-order valence-corrected chi connectivity index (χ4v) is 3.05. The number of ether oxygens (including phenoxy) is 1. The van der Waals surface area contributed by atoms with Crippen LogP contribution in [-0.2, 0) is 4.74 Å². The van der Waals surface area contributed by atoms with E-state index in [-0.39, 0.29) is 5.54 Å². The Hall–Kier alpha value is -0.0300. The molecule has 1 unspecified atom stereocenters. The average molecular weight is 230 g/mol. The minimum absolute atomic E-state index is 0.164. The predicted octanol–water partition coefficient (Wildman–Crippen LogP) is 1.00. The lowest BCUT2D eigenvalue weighted by Crippen LogP contribution is -2.52. The Labute approximate surface area is 96.8 Å². The maximum Gasteiger partial charge on any atom is 0.0672 e. The van der Waals surface area contributed by atoms with E-state index in [0.29, 0.717) is 6.61 Å². The molecule has 0 saturated carbocycles. The molecule has 0 radical (unpaired) electrons. The zero-order valence-corrected chi connectivity index (χ0v) is 10.4. The second kappa shape index (κ2) is 6.53. The van der Waals surface area contributed by atoms with Gasteiger partial charge in [0.25, 0.3) is 0 Å². The normalized spacial score (nSPS) is 25.7. The molecule has 1 aliphatic rings. The van der Waals surface area contributed by atoms with E-state index in [9.17, 15) is 0 Å². The Bertz CT molecular complexity index is 203. The molecule has 3 nitrogen and oxygen atoms in total. The summed E-state index contributed by atoms with van der Waals surface area (Å²) >= 11 is 1.98. The van der Waals surface area contributed by atoms with Crippen molar-refractivity contribution >= 4 is 11.8 Å². The first-order valence-corrected chi connectivity index (χ1v) is 6.59. The summed E-state index contributed by atoms with van der Waals surface area (Å²) in [5.41, 5.74) is 7.03. The van der Waals surface area contributed by atoms with Crippen molar-refractivity contribution in [1.29, 1.82) is 0 Å². The molecule has 0 aromatic carbocycles. The molecule has 0 amide bonds. The van der Waals surface area contributed by atoms with Crippen LogP contribution in [-0.4, -0.2) is 43.3 Å². The summed E-state index contributed by atoms with van der Waals surface area (Å²) in [6.45, 7) is 8.76. The van der Waals surface area contributed by atoms with Crippen LogP contribution in [0.15, 0.2) is 12.2 Å². The third kappa shape index (κ3) is 4.55. The third-order valence-corrected chi connectivity index (χ3v) is 3.84. The van der Waals surface area contributed by atoms with Crippen molar-refractivity contribution in [2.75, 3.05) is 37.8 Å². The van der Waals surface area contributed by atoms with Crippen LogP contribution in [0.5, 0.6) is 0 Å². The highest BCUT2D eigenvalue weighted by Gasteiger charge is 2.31. The summed E-state index contributed by atoms with van der Waals surface area (Å²) in [4.78, 5) is 0. The van der Waals surface area contributed by atoms with Gasteiger partial charge in [0.2, 0.25) is 0 Å². The summed E-state index contributed by atoms with van der Waals surface area (Å²) < 4.78 is 5.43. The van der Waals surface area contributed by atoms with E-state index in [1.54, 1.807) is 0 Å². The molecular weight excluding hydrogens is 208 g/mol. The molecule has 0 aliphatic carbocycles. The minimum atomic E-state index is 0.164. The first-order chi connectivity index (χ1) is 7.18. The molecule has 1 heterocycles. The summed E-state index contributed by atoms with van der Waals surface area (Å²) in [6, 6.07) is 0. The molecule has 3 N–H and O–H groups in total. The first-order valence-electron chi connectivity index (χ1n) is 5.43. The Morgan fingerprint density at radius 2 is 2.47 bits per heavy atom. The van der Waals surface area contributed by atoms with Gasteiger partial charge in [-0.3, -0.25) is 0 Å². The van der Waals surface area contributed by atoms with E-state index in [0.717, 1.165) is 31.0 Å². The molecule has 0 aromatic heterocycles. The van der Waals surface area contributed by atoms with Crippen LogP contribution in [0.25, 0.3) is 0 Å². The van der Waals surface area contributed by atoms with Gasteiger partial charge in [-0.2, -0.15) is 11.8 Å². The molecule has 0 aromatic rings. The summed E-state index contributed by atoms with van der Waals surface area (Å²) in [5, 5.41) is 3.52. The highest BCUT2D eigenvalue weighted by Crippen LogP contribution is 2.26. The van der Waals surface area contributed by atoms with Crippen molar-refractivity contribution in [1.82, 2.24) is 5.32 Å². The van der Waals surface area contributed by atoms with Gasteiger partial charge < -0.3 is 15.8 Å². The molecule has 1 saturated heterocycles. The summed E-state index contributed by atoms with van der Waals surface area (Å²) in [7, 11) is 0. The molecule has 88 valence electrons. The van der Waals surface area contributed by atoms with Crippen molar-refractivity contribution in [3.05, 3.63) is 12.2 Å². The highest BCUT2D eigenvalue weighted by molar-refractivity contribution is 7.99. The van der Waals surface area contributed by atoms with Crippen molar-refractivity contribution < 1.29 is 4.74 Å². The first kappa shape index (κ1) is 13.0. The molecular formula is C11H22N2OS. The van der Waals surface area contributed by atoms with Crippen LogP contribution in [0.4, 0.5) is 0 Å². The molecule has 1 fully saturated rings. The van der Waals surface area contributed by atoms with Crippen LogP contribution in [0.2, 0.25) is 0 Å². The van der Waals surface area contributed by atoms with Crippen LogP contribution < -0.4 is 11.1 Å². The van der Waals surface area contributed by atoms with Crippen LogP contribution in [0.3, 0.4) is 0 Å². The van der Waals surface area contributed by atoms with Gasteiger partial charge >= 0.3 is 0 Å². The van der Waals surface area contributed by atoms with Crippen molar-refractivity contribution in [3.8, 4) is 0 Å². The van der Waals surface area contributed by atoms with Gasteiger partial charge in [-0.05, 0) is 19.1 Å². The molecule has 1 rings (SSSR count). The quantitative estimate of drug-likeness (QED) is 0.506. The van der Waals surface area contributed by atoms with Gasteiger partial charge in [0.05, 0.1) is 13.2 Å². The monoisotopic (exact) mass is 230 g/mol. The number of hydrogen-bond donors (Lipinski definition) is 2. The average Bonchev–Trinajstić information content (AvgIpc) is 2.66. The summed E-state index contributed by atoms with van der Waals surface area (Å²) in [6.07, 6.45) is 1.18. The van der Waals surface area contributed by atoms with E-state index >= 15 is 0 Å². The van der Waals surface area contributed by atoms with Gasteiger partial charge in [0, 0.05) is 24.4 Å². The molecule has 1 atom stereocenters. The number of thioether (sulfide) groups is 1. The van der Waals surface area contributed by atoms with Crippen molar-refractivity contribution in [2.45, 2.75) is 18.9 Å². The molecule has 0 spiro atoms. The zero-order chi connectivity index (χ0) is 11.1. The van der Waals surface area contributed by atoms with Crippen LogP contribution >= 0.6 is 11.8 Å². The Kier molecular flexibility index (Phi) is 5.68. The van der Waals surface area contributed by atoms with Crippen molar-refractivity contribution in [3.63, 3.8) is 0 Å². The van der Waals surface area contributed by atoms with E-state index in [1.807, 2.05) is 18.7 Å². The minimum Gasteiger partial charge on any atom is -0.376 e. The van der Waals surface area contributed by atoms with Crippen molar-refractivity contribution in [2.24, 2.45) is 5.73 Å². The fourth-order valence-electron chi connectivity index (χ4n) is 1.61. The second-order valence-electron chi connectivity index (χ2n) is 4.22. The van der Waals surface area contributed by atoms with Gasteiger partial charge in [-0.1, -0.05) is 12.2 Å². The fraction of sp³-hybridized carbons (Fsp3) is 0.818. The Morgan fingerprint density at radius 1 is 1.67 bits per heavy atom. The number of nitrogens with two attached hydrogens (primary N) is 1. The topological polar surface area (TPSA) is 47.3 Å². The van der Waals surface area contributed by atoms with Gasteiger partial charge in [-0.15, -0.1) is 0 Å². The number of nitrogens with one attached hydrogen (secondary N) is 1. The smallest absolute Gasteiger partial charge is 0.0672 e. The van der Waals surface area contributed by atoms with Crippen LogP contribution in [0.1, 0.15) is 13.3 Å². The number of hydrogen-bond acceptors (Lipinski definition) is 4. The van der Waals surface area contributed by atoms with E-state index in [1.165, 1.54) is 12.2 Å². The third-order valence-electron chi connectivity index (χ3n) is 2.59. The maximum atomic E-state index is 5.80. The predicted molar refractivity (Wildman–Crippen MR) is 67.4 cm³/mol. The second-order valence-corrected chi connectivity index (χ2v) is 5.33. The van der Waals surface area contributed by atoms with E-state index in [4.69, 9.17) is 10.5 Å². The molecule has 1 aliphatic heterocycles. The van der Waals surface area contributed by atoms with E-state index < -0.39 is 0 Å². The Morgan fingerprint density at radius 3 is 3.00 bits per heavy atom. The molecule has 15 heavy (non-hydrogen) atoms. The zero-order valence-electron chi connectivity index (χ0n) is 9.55. The SMILES string of the molecule is C=C(C)COCCNC1(CN)CCSC1. The van der Waals surface area contributed by atoms with Crippen LogP contribution in [0, 0.1) is 0 Å². The largest absolute Gasteiger partial charge is 0.376 e. The lowest BCUT2D eigenvalue weighted by molar-refractivity contribution is 0.150. The van der Waals surface area contributed by atoms with Gasteiger partial charge in [0.15, 0.2) is 0 Å². The molecule has 0 bridgehead atoms. The lowest BCUT2D eigenvalue weighted by Gasteiger charge is -2.28. The molecule has 4 heteroatoms. The van der Waals surface area contributed by atoms with E-state index in [2.05, 4.69) is 11.9 Å². The van der Waals surface area contributed by atoms with Gasteiger partial charge in [-0.25, -0.2) is 0 Å². The standard InChI is InChI=1S/C11H22N2OS/c1-10(2)7-14-5-4-13-11(8-12)3-6-15-9-11/h13H,1,3-9,12H2,2H3. The van der Waals surface area contributed by atoms with Gasteiger partial charge in [0.1, 0.15) is 0 Å². The highest BCUT2D eigenvalue weighted by atomic mass is 32.2. The summed E-state index contributed by atoms with van der Waals surface area (Å²) in [5.74, 6) is 2.35. The Balaban J connectivity index is 2.10. The maximum absolute atomic E-state index is 5.80. The lowest BCUT2D eigenvalue weighted by atomic mass is 9.99.